The number of hydrogen-bond acceptors (Lipinski definition) is 4. The first-order valence-electron chi connectivity index (χ1n) is 5.21. The first-order valence-corrected chi connectivity index (χ1v) is 7.07. The predicted molar refractivity (Wildman–Crippen MR) is 63.1 cm³/mol. The Hall–Kier alpha value is -0.0600. The topological polar surface area (TPSA) is 24.9 Å². The van der Waals surface area contributed by atoms with Crippen LogP contribution < -0.4 is 5.32 Å². The van der Waals surface area contributed by atoms with Crippen LogP contribution in [-0.2, 0) is 0 Å². The third kappa shape index (κ3) is 3.26. The molecule has 0 bridgehead atoms. The Morgan fingerprint density at radius 2 is 2.64 bits per heavy atom. The van der Waals surface area contributed by atoms with Crippen LogP contribution in [0.4, 0.5) is 0 Å². The van der Waals surface area contributed by atoms with Gasteiger partial charge in [-0.1, -0.05) is 11.8 Å². The Morgan fingerprint density at radius 1 is 1.64 bits per heavy atom. The minimum absolute atomic E-state index is 0.798. The van der Waals surface area contributed by atoms with E-state index in [-0.39, 0.29) is 0 Å². The average molecular weight is 228 g/mol. The first-order chi connectivity index (χ1) is 6.95. The van der Waals surface area contributed by atoms with Crippen LogP contribution >= 0.6 is 23.1 Å². The van der Waals surface area contributed by atoms with E-state index in [1.807, 2.05) is 23.3 Å². The minimum Gasteiger partial charge on any atom is -0.314 e. The van der Waals surface area contributed by atoms with E-state index in [1.54, 1.807) is 11.3 Å². The van der Waals surface area contributed by atoms with Gasteiger partial charge in [-0.3, -0.25) is 0 Å². The summed E-state index contributed by atoms with van der Waals surface area (Å²) in [6.07, 6.45) is 7.26. The highest BCUT2D eigenvalue weighted by atomic mass is 32.2. The summed E-state index contributed by atoms with van der Waals surface area (Å²) in [6, 6.07) is 0.798. The zero-order chi connectivity index (χ0) is 9.64. The second kappa shape index (κ2) is 5.73. The second-order valence-corrected chi connectivity index (χ2v) is 5.82. The van der Waals surface area contributed by atoms with E-state index < -0.39 is 0 Å². The van der Waals surface area contributed by atoms with Gasteiger partial charge in [-0.2, -0.15) is 0 Å². The van der Waals surface area contributed by atoms with Gasteiger partial charge in [-0.05, 0) is 32.2 Å². The summed E-state index contributed by atoms with van der Waals surface area (Å²) >= 11 is 3.63. The van der Waals surface area contributed by atoms with Crippen LogP contribution in [0.3, 0.4) is 0 Å². The SMILES string of the molecule is c1csc(SCCCC2CCCN2)n1. The summed E-state index contributed by atoms with van der Waals surface area (Å²) in [5, 5.41) is 5.57. The highest BCUT2D eigenvalue weighted by Crippen LogP contribution is 2.22. The van der Waals surface area contributed by atoms with Crippen molar-refractivity contribution in [2.24, 2.45) is 0 Å². The molecule has 0 saturated carbocycles. The highest BCUT2D eigenvalue weighted by Gasteiger charge is 2.12. The van der Waals surface area contributed by atoms with E-state index in [0.717, 1.165) is 6.04 Å². The molecule has 1 N–H and O–H groups in total. The number of hydrogen-bond donors (Lipinski definition) is 1. The van der Waals surface area contributed by atoms with Crippen molar-refractivity contribution in [3.63, 3.8) is 0 Å². The molecule has 0 spiro atoms. The van der Waals surface area contributed by atoms with E-state index in [9.17, 15) is 0 Å². The molecule has 1 atom stereocenters. The maximum atomic E-state index is 4.25. The molecule has 0 aliphatic carbocycles. The van der Waals surface area contributed by atoms with Crippen LogP contribution in [0.25, 0.3) is 0 Å². The number of nitrogens with one attached hydrogen (secondary N) is 1. The average Bonchev–Trinajstić information content (AvgIpc) is 2.86. The van der Waals surface area contributed by atoms with Gasteiger partial charge < -0.3 is 5.32 Å². The Kier molecular flexibility index (Phi) is 4.28. The normalized spacial score (nSPS) is 21.6. The molecular weight excluding hydrogens is 212 g/mol. The van der Waals surface area contributed by atoms with Crippen molar-refractivity contribution in [2.45, 2.75) is 36.1 Å². The van der Waals surface area contributed by atoms with Crippen molar-refractivity contribution in [3.8, 4) is 0 Å². The third-order valence-electron chi connectivity index (χ3n) is 2.49. The van der Waals surface area contributed by atoms with Crippen LogP contribution in [0.1, 0.15) is 25.7 Å². The fourth-order valence-electron chi connectivity index (χ4n) is 1.77. The first kappa shape index (κ1) is 10.5. The maximum absolute atomic E-state index is 4.25. The number of nitrogens with zero attached hydrogens (tertiary/aromatic N) is 1. The smallest absolute Gasteiger partial charge is 0.149 e. The van der Waals surface area contributed by atoms with Gasteiger partial charge in [0.15, 0.2) is 0 Å². The van der Waals surface area contributed by atoms with Crippen LogP contribution in [-0.4, -0.2) is 23.3 Å². The lowest BCUT2D eigenvalue weighted by Crippen LogP contribution is -2.20. The lowest BCUT2D eigenvalue weighted by molar-refractivity contribution is 0.553. The second-order valence-electron chi connectivity index (χ2n) is 3.58. The maximum Gasteiger partial charge on any atom is 0.149 e. The van der Waals surface area contributed by atoms with Gasteiger partial charge in [-0.15, -0.1) is 11.3 Å². The van der Waals surface area contributed by atoms with E-state index >= 15 is 0 Å². The summed E-state index contributed by atoms with van der Waals surface area (Å²) in [5.41, 5.74) is 0. The third-order valence-corrected chi connectivity index (χ3v) is 4.55. The molecular formula is C10H16N2S2. The van der Waals surface area contributed by atoms with Gasteiger partial charge in [0.1, 0.15) is 4.34 Å². The Labute approximate surface area is 93.5 Å². The van der Waals surface area contributed by atoms with E-state index in [2.05, 4.69) is 10.3 Å². The van der Waals surface area contributed by atoms with Gasteiger partial charge in [0.2, 0.25) is 0 Å². The summed E-state index contributed by atoms with van der Waals surface area (Å²) < 4.78 is 1.21. The molecule has 78 valence electrons. The van der Waals surface area contributed by atoms with Gasteiger partial charge in [-0.25, -0.2) is 4.98 Å². The fourth-order valence-corrected chi connectivity index (χ4v) is 3.44. The zero-order valence-electron chi connectivity index (χ0n) is 8.24. The van der Waals surface area contributed by atoms with Crippen molar-refractivity contribution in [3.05, 3.63) is 11.6 Å². The van der Waals surface area contributed by atoms with E-state index in [4.69, 9.17) is 0 Å². The lowest BCUT2D eigenvalue weighted by atomic mass is 10.1. The van der Waals surface area contributed by atoms with Gasteiger partial charge >= 0.3 is 0 Å². The molecule has 4 heteroatoms. The monoisotopic (exact) mass is 228 g/mol. The Bertz CT molecular complexity index is 243. The standard InChI is InChI=1S/C10H16N2S2/c1-3-9(11-5-1)4-2-7-13-10-12-6-8-14-10/h6,8-9,11H,1-5,7H2. The van der Waals surface area contributed by atoms with E-state index in [1.165, 1.54) is 42.3 Å². The molecule has 0 radical (unpaired) electrons. The van der Waals surface area contributed by atoms with Gasteiger partial charge in [0.25, 0.3) is 0 Å². The Balaban J connectivity index is 1.55. The highest BCUT2D eigenvalue weighted by molar-refractivity contribution is 8.00. The minimum atomic E-state index is 0.798. The number of aromatic nitrogens is 1. The van der Waals surface area contributed by atoms with Crippen LogP contribution in [0.15, 0.2) is 15.9 Å². The van der Waals surface area contributed by atoms with Crippen molar-refractivity contribution in [1.29, 1.82) is 0 Å². The number of rotatable bonds is 5. The summed E-state index contributed by atoms with van der Waals surface area (Å²) in [7, 11) is 0. The molecule has 0 aromatic carbocycles. The largest absolute Gasteiger partial charge is 0.314 e. The molecule has 2 heterocycles. The van der Waals surface area contributed by atoms with Crippen LogP contribution in [0, 0.1) is 0 Å². The van der Waals surface area contributed by atoms with Crippen molar-refractivity contribution in [2.75, 3.05) is 12.3 Å². The summed E-state index contributed by atoms with van der Waals surface area (Å²) in [6.45, 7) is 1.23. The van der Waals surface area contributed by atoms with Crippen LogP contribution in [0.5, 0.6) is 0 Å². The molecule has 1 saturated heterocycles. The Morgan fingerprint density at radius 3 is 3.36 bits per heavy atom. The number of thiazole rings is 1. The summed E-state index contributed by atoms with van der Waals surface area (Å²) in [5.74, 6) is 1.21. The summed E-state index contributed by atoms with van der Waals surface area (Å²) in [4.78, 5) is 4.25. The molecule has 1 unspecified atom stereocenters. The van der Waals surface area contributed by atoms with Crippen molar-refractivity contribution >= 4 is 23.1 Å². The van der Waals surface area contributed by atoms with E-state index in [0.29, 0.717) is 0 Å². The molecule has 2 nitrogen and oxygen atoms in total. The molecule has 1 fully saturated rings. The molecule has 2 rings (SSSR count). The lowest BCUT2D eigenvalue weighted by Gasteiger charge is -2.08. The quantitative estimate of drug-likeness (QED) is 0.619. The molecule has 14 heavy (non-hydrogen) atoms. The fraction of sp³-hybridized carbons (Fsp3) is 0.700. The molecule has 1 aliphatic rings. The van der Waals surface area contributed by atoms with Gasteiger partial charge in [0, 0.05) is 23.4 Å². The molecule has 1 aliphatic heterocycles. The van der Waals surface area contributed by atoms with Crippen molar-refractivity contribution < 1.29 is 0 Å². The van der Waals surface area contributed by atoms with Crippen LogP contribution in [0.2, 0.25) is 0 Å². The molecule has 1 aromatic heterocycles. The van der Waals surface area contributed by atoms with Gasteiger partial charge in [0.05, 0.1) is 0 Å². The molecule has 0 amide bonds. The predicted octanol–water partition coefficient (Wildman–Crippen LogP) is 2.77. The number of thioether (sulfide) groups is 1. The van der Waals surface area contributed by atoms with Crippen molar-refractivity contribution in [1.82, 2.24) is 10.3 Å². The zero-order valence-corrected chi connectivity index (χ0v) is 9.87. The molecule has 1 aromatic rings.